The molecule has 21 heavy (non-hydrogen) atoms. The number of hydrogen-bond donors (Lipinski definition) is 2. The van der Waals surface area contributed by atoms with Gasteiger partial charge in [-0.05, 0) is 52.0 Å². The van der Waals surface area contributed by atoms with Crippen molar-refractivity contribution in [2.75, 3.05) is 6.54 Å². The Morgan fingerprint density at radius 1 is 0.714 bits per heavy atom. The topological polar surface area (TPSA) is 24.1 Å². The summed E-state index contributed by atoms with van der Waals surface area (Å²) < 4.78 is 0. The Kier molecular flexibility index (Phi) is 24.5. The van der Waals surface area contributed by atoms with Crippen molar-refractivity contribution in [1.29, 1.82) is 0 Å². The lowest BCUT2D eigenvalue weighted by atomic mass is 10.2. The zero-order chi connectivity index (χ0) is 17.3. The Hall–Kier alpha value is -0.0800. The molecule has 0 aromatic rings. The first kappa shape index (κ1) is 25.9. The molecule has 4 atom stereocenters. The smallest absolute Gasteiger partial charge is 0.0102 e. The molecule has 3 aliphatic rings. The zero-order valence-corrected chi connectivity index (χ0v) is 16.8. The van der Waals surface area contributed by atoms with Crippen LogP contribution in [0.2, 0.25) is 0 Å². The highest BCUT2D eigenvalue weighted by molar-refractivity contribution is 5.01. The van der Waals surface area contributed by atoms with E-state index in [9.17, 15) is 0 Å². The molecule has 0 radical (unpaired) electrons. The maximum atomic E-state index is 3.49. The van der Waals surface area contributed by atoms with Crippen molar-refractivity contribution in [3.05, 3.63) is 0 Å². The van der Waals surface area contributed by atoms with Crippen LogP contribution in [0.25, 0.3) is 0 Å². The van der Waals surface area contributed by atoms with Crippen LogP contribution in [-0.2, 0) is 0 Å². The maximum absolute atomic E-state index is 3.49. The van der Waals surface area contributed by atoms with Gasteiger partial charge in [0, 0.05) is 18.1 Å². The molecular formula is C19H46N2. The summed E-state index contributed by atoms with van der Waals surface area (Å²) >= 11 is 0. The van der Waals surface area contributed by atoms with E-state index in [0.29, 0.717) is 0 Å². The molecule has 1 aliphatic carbocycles. The molecule has 3 fully saturated rings. The second-order valence-electron chi connectivity index (χ2n) is 4.90. The average Bonchev–Trinajstić information content (AvgIpc) is 2.95. The van der Waals surface area contributed by atoms with E-state index in [1.807, 2.05) is 55.4 Å². The third-order valence-corrected chi connectivity index (χ3v) is 3.38. The first-order valence-corrected chi connectivity index (χ1v) is 9.75. The summed E-state index contributed by atoms with van der Waals surface area (Å²) in [5, 5.41) is 6.81. The average molecular weight is 303 g/mol. The van der Waals surface area contributed by atoms with Gasteiger partial charge in [0.1, 0.15) is 0 Å². The lowest BCUT2D eigenvalue weighted by molar-refractivity contribution is 0.584. The largest absolute Gasteiger partial charge is 0.314 e. The molecule has 4 unspecified atom stereocenters. The van der Waals surface area contributed by atoms with Gasteiger partial charge in [0.2, 0.25) is 0 Å². The van der Waals surface area contributed by atoms with Crippen LogP contribution in [0.4, 0.5) is 0 Å². The lowest BCUT2D eigenvalue weighted by Crippen LogP contribution is -2.21. The fraction of sp³-hybridized carbons (Fsp3) is 1.00. The lowest BCUT2D eigenvalue weighted by Gasteiger charge is -2.01. The van der Waals surface area contributed by atoms with Crippen molar-refractivity contribution in [2.24, 2.45) is 5.92 Å². The van der Waals surface area contributed by atoms with Gasteiger partial charge < -0.3 is 10.6 Å². The molecular weight excluding hydrogens is 256 g/mol. The van der Waals surface area contributed by atoms with Gasteiger partial charge in [0.05, 0.1) is 0 Å². The van der Waals surface area contributed by atoms with Crippen LogP contribution in [0.3, 0.4) is 0 Å². The van der Waals surface area contributed by atoms with Crippen LogP contribution in [0.5, 0.6) is 0 Å². The number of hydrogen-bond acceptors (Lipinski definition) is 2. The van der Waals surface area contributed by atoms with Gasteiger partial charge in [-0.3, -0.25) is 0 Å². The number of rotatable bonds is 0. The van der Waals surface area contributed by atoms with Crippen molar-refractivity contribution in [3.63, 3.8) is 0 Å². The van der Waals surface area contributed by atoms with E-state index >= 15 is 0 Å². The van der Waals surface area contributed by atoms with E-state index in [1.54, 1.807) is 0 Å². The first-order valence-electron chi connectivity index (χ1n) is 9.75. The van der Waals surface area contributed by atoms with Crippen LogP contribution in [0.15, 0.2) is 0 Å². The van der Waals surface area contributed by atoms with E-state index in [0.717, 1.165) is 24.0 Å². The molecule has 0 aromatic carbocycles. The van der Waals surface area contributed by atoms with Gasteiger partial charge >= 0.3 is 0 Å². The molecule has 2 N–H and O–H groups in total. The standard InChI is InChI=1S/C6H11N.C5H11N.4C2H6/c1-4-2-5-3-6(5)7-4;1-5-3-2-4-6-5;4*1-2/h4-7H,2-3H2,1H3;5-6H,2-4H2,1H3;4*1-2H3. The van der Waals surface area contributed by atoms with Crippen molar-refractivity contribution in [2.45, 2.75) is 113 Å². The zero-order valence-electron chi connectivity index (χ0n) is 16.8. The minimum absolute atomic E-state index is 0.796. The second kappa shape index (κ2) is 19.9. The second-order valence-corrected chi connectivity index (χ2v) is 4.90. The Morgan fingerprint density at radius 3 is 1.38 bits per heavy atom. The number of nitrogens with one attached hydrogen (secondary N) is 2. The Labute approximate surface area is 136 Å². The summed E-state index contributed by atoms with van der Waals surface area (Å²) in [6.45, 7) is 21.7. The van der Waals surface area contributed by atoms with E-state index in [2.05, 4.69) is 24.5 Å². The normalized spacial score (nSPS) is 30.0. The third-order valence-electron chi connectivity index (χ3n) is 3.38. The van der Waals surface area contributed by atoms with Gasteiger partial charge in [-0.15, -0.1) is 0 Å². The summed E-state index contributed by atoms with van der Waals surface area (Å²) in [4.78, 5) is 0. The minimum atomic E-state index is 0.796. The van der Waals surface area contributed by atoms with Crippen LogP contribution in [0, 0.1) is 5.92 Å². The third kappa shape index (κ3) is 14.6. The molecule has 2 nitrogen and oxygen atoms in total. The predicted octanol–water partition coefficient (Wildman–Crippen LogP) is 5.62. The fourth-order valence-corrected chi connectivity index (χ4v) is 2.46. The molecule has 0 aromatic heterocycles. The van der Waals surface area contributed by atoms with E-state index in [-0.39, 0.29) is 0 Å². The molecule has 2 aliphatic heterocycles. The van der Waals surface area contributed by atoms with Gasteiger partial charge in [-0.1, -0.05) is 55.4 Å². The van der Waals surface area contributed by atoms with Crippen molar-refractivity contribution in [1.82, 2.24) is 10.6 Å². The molecule has 2 heteroatoms. The van der Waals surface area contributed by atoms with Gasteiger partial charge in [-0.25, -0.2) is 0 Å². The molecule has 2 heterocycles. The molecule has 0 amide bonds. The summed E-state index contributed by atoms with van der Waals surface area (Å²) in [7, 11) is 0. The van der Waals surface area contributed by atoms with E-state index in [1.165, 1.54) is 32.2 Å². The van der Waals surface area contributed by atoms with E-state index in [4.69, 9.17) is 0 Å². The minimum Gasteiger partial charge on any atom is -0.314 e. The Bertz CT molecular complexity index is 155. The first-order chi connectivity index (χ1) is 10.3. The number of fused-ring (bicyclic) bond motifs is 1. The van der Waals surface area contributed by atoms with Gasteiger partial charge in [-0.2, -0.15) is 0 Å². The van der Waals surface area contributed by atoms with Crippen LogP contribution < -0.4 is 10.6 Å². The molecule has 0 spiro atoms. The summed E-state index contributed by atoms with van der Waals surface area (Å²) in [6, 6.07) is 2.56. The molecule has 3 rings (SSSR count). The van der Waals surface area contributed by atoms with Crippen molar-refractivity contribution in [3.8, 4) is 0 Å². The maximum Gasteiger partial charge on any atom is 0.0102 e. The monoisotopic (exact) mass is 302 g/mol. The highest BCUT2D eigenvalue weighted by Gasteiger charge is 2.43. The fourth-order valence-electron chi connectivity index (χ4n) is 2.46. The highest BCUT2D eigenvalue weighted by atomic mass is 15.0. The van der Waals surface area contributed by atoms with Crippen LogP contribution >= 0.6 is 0 Å². The van der Waals surface area contributed by atoms with Gasteiger partial charge in [0.25, 0.3) is 0 Å². The summed E-state index contributed by atoms with van der Waals surface area (Å²) in [6.07, 6.45) is 5.65. The highest BCUT2D eigenvalue weighted by Crippen LogP contribution is 2.40. The number of piperidine rings is 1. The quantitative estimate of drug-likeness (QED) is 0.607. The molecule has 2 saturated heterocycles. The molecule has 132 valence electrons. The Morgan fingerprint density at radius 2 is 1.24 bits per heavy atom. The predicted molar refractivity (Wildman–Crippen MR) is 101 cm³/mol. The van der Waals surface area contributed by atoms with Crippen LogP contribution in [0.1, 0.15) is 94.9 Å². The van der Waals surface area contributed by atoms with Gasteiger partial charge in [0.15, 0.2) is 0 Å². The summed E-state index contributed by atoms with van der Waals surface area (Å²) in [5.74, 6) is 1.08. The van der Waals surface area contributed by atoms with Crippen LogP contribution in [-0.4, -0.2) is 24.7 Å². The van der Waals surface area contributed by atoms with Crippen molar-refractivity contribution < 1.29 is 0 Å². The van der Waals surface area contributed by atoms with E-state index < -0.39 is 0 Å². The SMILES string of the molecule is CC.CC.CC.CC.CC1CC2CC2N1.CC1CCCN1. The molecule has 0 bridgehead atoms. The van der Waals surface area contributed by atoms with Crippen molar-refractivity contribution >= 4 is 0 Å². The summed E-state index contributed by atoms with van der Waals surface area (Å²) in [5.41, 5.74) is 0. The Balaban J connectivity index is -0.000000213. The molecule has 1 saturated carbocycles.